The van der Waals surface area contributed by atoms with E-state index in [0.29, 0.717) is 22.9 Å². The maximum atomic E-state index is 12.8. The molecule has 1 heterocycles. The minimum atomic E-state index is -0.942. The van der Waals surface area contributed by atoms with E-state index in [1.165, 1.54) is 12.3 Å². The van der Waals surface area contributed by atoms with E-state index >= 15 is 0 Å². The molecular weight excluding hydrogens is 231 g/mol. The summed E-state index contributed by atoms with van der Waals surface area (Å²) in [6.07, 6.45) is 5.45. The highest BCUT2D eigenvalue weighted by Crippen LogP contribution is 2.25. The average molecular weight is 241 g/mol. The number of anilines is 1. The maximum Gasteiger partial charge on any atom is 0.242 e. The van der Waals surface area contributed by atoms with Crippen molar-refractivity contribution in [3.05, 3.63) is 41.3 Å². The van der Waals surface area contributed by atoms with E-state index in [4.69, 9.17) is 22.1 Å². The third-order valence-electron chi connectivity index (χ3n) is 2.07. The molecular formula is C11H10ClFN2O. The van der Waals surface area contributed by atoms with Gasteiger partial charge < -0.3 is 10.5 Å². The molecule has 1 aliphatic carbocycles. The SMILES string of the molecule is Nc1cc(Cl)cnc1OC1=CCC(F)C=C1. The summed E-state index contributed by atoms with van der Waals surface area (Å²) in [5, 5.41) is 0.446. The van der Waals surface area contributed by atoms with Crippen molar-refractivity contribution < 1.29 is 9.13 Å². The van der Waals surface area contributed by atoms with E-state index < -0.39 is 6.17 Å². The molecule has 2 N–H and O–H groups in total. The molecule has 1 atom stereocenters. The second-order valence-corrected chi connectivity index (χ2v) is 3.80. The zero-order chi connectivity index (χ0) is 11.5. The van der Waals surface area contributed by atoms with Gasteiger partial charge in [-0.3, -0.25) is 0 Å². The van der Waals surface area contributed by atoms with Crippen molar-refractivity contribution in [2.45, 2.75) is 12.6 Å². The molecule has 84 valence electrons. The van der Waals surface area contributed by atoms with Crippen LogP contribution in [0.4, 0.5) is 10.1 Å². The van der Waals surface area contributed by atoms with Crippen LogP contribution in [0, 0.1) is 0 Å². The molecule has 0 fully saturated rings. The molecule has 0 aliphatic heterocycles. The van der Waals surface area contributed by atoms with Crippen LogP contribution < -0.4 is 10.5 Å². The Labute approximate surface area is 97.4 Å². The number of ether oxygens (including phenoxy) is 1. The van der Waals surface area contributed by atoms with Gasteiger partial charge in [-0.25, -0.2) is 9.37 Å². The minimum absolute atomic E-state index is 0.276. The van der Waals surface area contributed by atoms with Crippen LogP contribution in [0.15, 0.2) is 36.3 Å². The van der Waals surface area contributed by atoms with Gasteiger partial charge in [0, 0.05) is 12.6 Å². The van der Waals surface area contributed by atoms with E-state index in [2.05, 4.69) is 4.98 Å². The zero-order valence-electron chi connectivity index (χ0n) is 8.36. The van der Waals surface area contributed by atoms with Crippen LogP contribution in [-0.2, 0) is 0 Å². The molecule has 0 bridgehead atoms. The number of hydrogen-bond donors (Lipinski definition) is 1. The van der Waals surface area contributed by atoms with E-state index in [9.17, 15) is 4.39 Å². The Morgan fingerprint density at radius 3 is 3.00 bits per heavy atom. The first-order valence-corrected chi connectivity index (χ1v) is 5.14. The lowest BCUT2D eigenvalue weighted by molar-refractivity contribution is 0.377. The van der Waals surface area contributed by atoms with Gasteiger partial charge >= 0.3 is 0 Å². The van der Waals surface area contributed by atoms with Crippen LogP contribution >= 0.6 is 11.6 Å². The van der Waals surface area contributed by atoms with Gasteiger partial charge in [0.15, 0.2) is 0 Å². The van der Waals surface area contributed by atoms with E-state index in [1.807, 2.05) is 0 Å². The van der Waals surface area contributed by atoms with Gasteiger partial charge in [0.2, 0.25) is 5.88 Å². The van der Waals surface area contributed by atoms with Gasteiger partial charge in [0.1, 0.15) is 11.9 Å². The Bertz CT molecular complexity index is 459. The number of allylic oxidation sites excluding steroid dienone is 3. The molecule has 5 heteroatoms. The number of halogens is 2. The summed E-state index contributed by atoms with van der Waals surface area (Å²) in [7, 11) is 0. The van der Waals surface area contributed by atoms with Gasteiger partial charge in [-0.2, -0.15) is 0 Å². The lowest BCUT2D eigenvalue weighted by atomic mass is 10.1. The second-order valence-electron chi connectivity index (χ2n) is 3.37. The van der Waals surface area contributed by atoms with Crippen LogP contribution in [-0.4, -0.2) is 11.2 Å². The number of rotatable bonds is 2. The summed E-state index contributed by atoms with van der Waals surface area (Å²) >= 11 is 5.70. The molecule has 2 rings (SSSR count). The highest BCUT2D eigenvalue weighted by Gasteiger charge is 2.10. The Balaban J connectivity index is 2.13. The van der Waals surface area contributed by atoms with E-state index in [0.717, 1.165) is 0 Å². The van der Waals surface area contributed by atoms with Gasteiger partial charge in [-0.15, -0.1) is 0 Å². The van der Waals surface area contributed by atoms with Crippen molar-refractivity contribution in [3.63, 3.8) is 0 Å². The normalized spacial score (nSPS) is 19.4. The number of pyridine rings is 1. The predicted octanol–water partition coefficient (Wildman–Crippen LogP) is 2.88. The van der Waals surface area contributed by atoms with Gasteiger partial charge in [0.05, 0.1) is 10.7 Å². The molecule has 0 spiro atoms. The molecule has 16 heavy (non-hydrogen) atoms. The fraction of sp³-hybridized carbons (Fsp3) is 0.182. The largest absolute Gasteiger partial charge is 0.437 e. The molecule has 0 amide bonds. The summed E-state index contributed by atoms with van der Waals surface area (Å²) in [4.78, 5) is 3.94. The summed E-state index contributed by atoms with van der Waals surface area (Å²) in [5.41, 5.74) is 6.02. The number of aromatic nitrogens is 1. The topological polar surface area (TPSA) is 48.1 Å². The Hall–Kier alpha value is -1.55. The molecule has 1 aromatic heterocycles. The molecule has 3 nitrogen and oxygen atoms in total. The van der Waals surface area contributed by atoms with Crippen LogP contribution in [0.3, 0.4) is 0 Å². The van der Waals surface area contributed by atoms with Gasteiger partial charge in [-0.05, 0) is 24.3 Å². The van der Waals surface area contributed by atoms with Crippen molar-refractivity contribution in [1.82, 2.24) is 4.98 Å². The van der Waals surface area contributed by atoms with Crippen LogP contribution in [0.25, 0.3) is 0 Å². The maximum absolute atomic E-state index is 12.8. The predicted molar refractivity (Wildman–Crippen MR) is 61.0 cm³/mol. The fourth-order valence-electron chi connectivity index (χ4n) is 1.29. The van der Waals surface area contributed by atoms with Crippen molar-refractivity contribution in [3.8, 4) is 5.88 Å². The smallest absolute Gasteiger partial charge is 0.242 e. The number of nitrogen functional groups attached to an aromatic ring is 1. The molecule has 0 radical (unpaired) electrons. The fourth-order valence-corrected chi connectivity index (χ4v) is 1.46. The number of nitrogens with two attached hydrogens (primary N) is 1. The van der Waals surface area contributed by atoms with Crippen molar-refractivity contribution in [2.24, 2.45) is 0 Å². The Morgan fingerprint density at radius 1 is 1.56 bits per heavy atom. The molecule has 0 saturated carbocycles. The third-order valence-corrected chi connectivity index (χ3v) is 2.28. The van der Waals surface area contributed by atoms with Crippen molar-refractivity contribution in [2.75, 3.05) is 5.73 Å². The highest BCUT2D eigenvalue weighted by atomic mass is 35.5. The molecule has 1 unspecified atom stereocenters. The summed E-state index contributed by atoms with van der Waals surface area (Å²) in [6.45, 7) is 0. The quantitative estimate of drug-likeness (QED) is 0.865. The van der Waals surface area contributed by atoms with Crippen LogP contribution in [0.5, 0.6) is 5.88 Å². The lowest BCUT2D eigenvalue weighted by Gasteiger charge is -2.11. The monoisotopic (exact) mass is 240 g/mol. The van der Waals surface area contributed by atoms with Crippen molar-refractivity contribution >= 4 is 17.3 Å². The summed E-state index contributed by atoms with van der Waals surface area (Å²) < 4.78 is 18.2. The van der Waals surface area contributed by atoms with Crippen LogP contribution in [0.1, 0.15) is 6.42 Å². The molecule has 1 aliphatic rings. The zero-order valence-corrected chi connectivity index (χ0v) is 9.12. The molecule has 1 aromatic rings. The standard InChI is InChI=1S/C11H10ClFN2O/c12-7-5-10(14)11(15-6-7)16-9-3-1-8(13)2-4-9/h1,3-6,8H,2,14H2. The molecule has 0 aromatic carbocycles. The number of alkyl halides is 1. The van der Waals surface area contributed by atoms with E-state index in [1.54, 1.807) is 18.2 Å². The van der Waals surface area contributed by atoms with Crippen molar-refractivity contribution in [1.29, 1.82) is 0 Å². The van der Waals surface area contributed by atoms with Gasteiger partial charge in [0.25, 0.3) is 0 Å². The van der Waals surface area contributed by atoms with Gasteiger partial charge in [-0.1, -0.05) is 11.6 Å². The Kier molecular flexibility index (Phi) is 3.10. The first-order valence-electron chi connectivity index (χ1n) is 4.76. The van der Waals surface area contributed by atoms with E-state index in [-0.39, 0.29) is 5.88 Å². The first-order chi connectivity index (χ1) is 7.65. The highest BCUT2D eigenvalue weighted by molar-refractivity contribution is 6.30. The number of nitrogens with zero attached hydrogens (tertiary/aromatic N) is 1. The minimum Gasteiger partial charge on any atom is -0.437 e. The van der Waals surface area contributed by atoms with Crippen LogP contribution in [0.2, 0.25) is 5.02 Å². The third kappa shape index (κ3) is 2.52. The first kappa shape index (κ1) is 11.0. The second kappa shape index (κ2) is 4.53. The lowest BCUT2D eigenvalue weighted by Crippen LogP contribution is -2.04. The Morgan fingerprint density at radius 2 is 2.38 bits per heavy atom. The summed E-state index contributed by atoms with van der Waals surface area (Å²) in [6, 6.07) is 1.55. The molecule has 0 saturated heterocycles. The number of hydrogen-bond acceptors (Lipinski definition) is 3. The summed E-state index contributed by atoms with van der Waals surface area (Å²) in [5.74, 6) is 0.813. The average Bonchev–Trinajstić information content (AvgIpc) is 2.25.